The van der Waals surface area contributed by atoms with Crippen LogP contribution in [-0.2, 0) is 6.18 Å². The van der Waals surface area contributed by atoms with Crippen LogP contribution in [0.25, 0.3) is 5.65 Å². The summed E-state index contributed by atoms with van der Waals surface area (Å²) in [5.74, 6) is 1.58. The van der Waals surface area contributed by atoms with E-state index in [0.717, 1.165) is 54.1 Å². The summed E-state index contributed by atoms with van der Waals surface area (Å²) in [6.45, 7) is 2.43. The third-order valence-corrected chi connectivity index (χ3v) is 6.32. The van der Waals surface area contributed by atoms with Crippen molar-refractivity contribution < 1.29 is 22.3 Å². The molecule has 1 saturated heterocycles. The van der Waals surface area contributed by atoms with Crippen LogP contribution in [0.5, 0.6) is 5.75 Å². The standard InChI is InChI=1S/C21H23F4N7O/c1-12-8-17(27-11-26-12)31-9-13-2-3-14(10-31)18(13)28-20-29-19-15(33-7-6-22)4-5-16(21(23,24)25)32(19)30-20/h4-5,8,11,13-14,18H,2-3,6-7,9-10H2,1H3,(H,28,30)/t13-,14+,18?. The summed E-state index contributed by atoms with van der Waals surface area (Å²) in [4.78, 5) is 15.0. The SMILES string of the molecule is Cc1cc(N2C[C@H]3CC[C@@H](C2)C3Nc2nc3c(OCCF)ccc(C(F)(F)F)n3n2)ncn1. The predicted molar refractivity (Wildman–Crippen MR) is 112 cm³/mol. The van der Waals surface area contributed by atoms with Crippen LogP contribution in [-0.4, -0.2) is 57.0 Å². The zero-order valence-corrected chi connectivity index (χ0v) is 17.9. The van der Waals surface area contributed by atoms with Crippen molar-refractivity contribution in [1.82, 2.24) is 24.6 Å². The number of pyridine rings is 1. The van der Waals surface area contributed by atoms with Crippen LogP contribution in [0.15, 0.2) is 24.5 Å². The van der Waals surface area contributed by atoms with Gasteiger partial charge in [-0.3, -0.25) is 0 Å². The fourth-order valence-corrected chi connectivity index (χ4v) is 4.88. The van der Waals surface area contributed by atoms with Gasteiger partial charge in [0.05, 0.1) is 0 Å². The van der Waals surface area contributed by atoms with E-state index >= 15 is 0 Å². The van der Waals surface area contributed by atoms with Crippen LogP contribution in [0.3, 0.4) is 0 Å². The molecule has 1 N–H and O–H groups in total. The number of nitrogens with one attached hydrogen (secondary N) is 1. The molecule has 0 spiro atoms. The largest absolute Gasteiger partial charge is 0.487 e. The van der Waals surface area contributed by atoms with Gasteiger partial charge in [-0.25, -0.2) is 18.9 Å². The maximum atomic E-state index is 13.5. The van der Waals surface area contributed by atoms with Crippen LogP contribution in [0.4, 0.5) is 29.3 Å². The summed E-state index contributed by atoms with van der Waals surface area (Å²) < 4.78 is 59.1. The van der Waals surface area contributed by atoms with Crippen molar-refractivity contribution in [2.75, 3.05) is 36.6 Å². The van der Waals surface area contributed by atoms with Gasteiger partial charge < -0.3 is 15.0 Å². The van der Waals surface area contributed by atoms with Gasteiger partial charge in [0, 0.05) is 30.9 Å². The first-order valence-corrected chi connectivity index (χ1v) is 10.8. The molecule has 0 aromatic carbocycles. The lowest BCUT2D eigenvalue weighted by atomic mass is 9.92. The highest BCUT2D eigenvalue weighted by Gasteiger charge is 2.43. The molecule has 4 heterocycles. The Morgan fingerprint density at radius 1 is 1.15 bits per heavy atom. The Hall–Kier alpha value is -3.18. The number of rotatable bonds is 6. The van der Waals surface area contributed by atoms with E-state index in [0.29, 0.717) is 0 Å². The van der Waals surface area contributed by atoms with Gasteiger partial charge in [0.15, 0.2) is 11.4 Å². The number of anilines is 2. The van der Waals surface area contributed by atoms with E-state index in [-0.39, 0.29) is 41.8 Å². The van der Waals surface area contributed by atoms with E-state index < -0.39 is 18.5 Å². The molecule has 0 amide bonds. The van der Waals surface area contributed by atoms with Gasteiger partial charge in [0.25, 0.3) is 0 Å². The molecule has 1 saturated carbocycles. The number of aryl methyl sites for hydroxylation is 1. The number of aromatic nitrogens is 5. The van der Waals surface area contributed by atoms with E-state index in [1.54, 1.807) is 6.33 Å². The highest BCUT2D eigenvalue weighted by Crippen LogP contribution is 2.40. The minimum Gasteiger partial charge on any atom is -0.487 e. The van der Waals surface area contributed by atoms with Gasteiger partial charge in [-0.2, -0.15) is 18.2 Å². The van der Waals surface area contributed by atoms with Gasteiger partial charge >= 0.3 is 6.18 Å². The van der Waals surface area contributed by atoms with Crippen molar-refractivity contribution >= 4 is 17.4 Å². The smallest absolute Gasteiger partial charge is 0.433 e. The molecule has 2 bridgehead atoms. The number of hydrogen-bond donors (Lipinski definition) is 1. The Morgan fingerprint density at radius 3 is 2.58 bits per heavy atom. The fourth-order valence-electron chi connectivity index (χ4n) is 4.88. The van der Waals surface area contributed by atoms with Crippen molar-refractivity contribution in [3.8, 4) is 5.75 Å². The number of fused-ring (bicyclic) bond motifs is 3. The Morgan fingerprint density at radius 2 is 1.91 bits per heavy atom. The minimum absolute atomic E-state index is 0.0335. The molecular formula is C21H23F4N7O. The van der Waals surface area contributed by atoms with E-state index in [1.165, 1.54) is 0 Å². The second-order valence-corrected chi connectivity index (χ2v) is 8.48. The van der Waals surface area contributed by atoms with Gasteiger partial charge in [0.2, 0.25) is 5.95 Å². The van der Waals surface area contributed by atoms with E-state index in [4.69, 9.17) is 4.74 Å². The van der Waals surface area contributed by atoms with E-state index in [9.17, 15) is 17.6 Å². The predicted octanol–water partition coefficient (Wildman–Crippen LogP) is 3.52. The Kier molecular flexibility index (Phi) is 5.45. The molecule has 3 aromatic rings. The normalized spacial score (nSPS) is 22.7. The van der Waals surface area contributed by atoms with Crippen LogP contribution < -0.4 is 15.0 Å². The van der Waals surface area contributed by atoms with Crippen LogP contribution in [0.1, 0.15) is 24.2 Å². The zero-order valence-electron chi connectivity index (χ0n) is 17.9. The quantitative estimate of drug-likeness (QED) is 0.558. The molecule has 176 valence electrons. The van der Waals surface area contributed by atoms with E-state index in [1.807, 2.05) is 13.0 Å². The third-order valence-electron chi connectivity index (χ3n) is 6.32. The molecule has 1 aliphatic carbocycles. The maximum Gasteiger partial charge on any atom is 0.433 e. The Labute approximate surface area is 187 Å². The molecule has 3 atom stereocenters. The molecule has 1 unspecified atom stereocenters. The summed E-state index contributed by atoms with van der Waals surface area (Å²) in [6, 6.07) is 4.00. The molecule has 0 radical (unpaired) electrons. The average Bonchev–Trinajstić information content (AvgIpc) is 3.28. The van der Waals surface area contributed by atoms with Gasteiger partial charge in [0.1, 0.15) is 31.1 Å². The maximum absolute atomic E-state index is 13.5. The monoisotopic (exact) mass is 465 g/mol. The van der Waals surface area contributed by atoms with Crippen molar-refractivity contribution in [3.63, 3.8) is 0 Å². The second kappa shape index (κ2) is 8.31. The molecule has 3 aromatic heterocycles. The first-order chi connectivity index (χ1) is 15.8. The number of piperidine rings is 1. The van der Waals surface area contributed by atoms with Gasteiger partial charge in [-0.15, -0.1) is 5.10 Å². The van der Waals surface area contributed by atoms with Crippen LogP contribution >= 0.6 is 0 Å². The van der Waals surface area contributed by atoms with E-state index in [2.05, 4.69) is 30.3 Å². The first kappa shape index (κ1) is 21.7. The average molecular weight is 465 g/mol. The molecular weight excluding hydrogens is 442 g/mol. The highest BCUT2D eigenvalue weighted by molar-refractivity contribution is 5.57. The van der Waals surface area contributed by atoms with Crippen molar-refractivity contribution in [2.24, 2.45) is 11.8 Å². The summed E-state index contributed by atoms with van der Waals surface area (Å²) in [6.07, 6.45) is -1.08. The van der Waals surface area contributed by atoms with Crippen molar-refractivity contribution in [2.45, 2.75) is 32.0 Å². The number of hydrogen-bond acceptors (Lipinski definition) is 7. The number of halogens is 4. The minimum atomic E-state index is -4.62. The Balaban J connectivity index is 1.40. The van der Waals surface area contributed by atoms with Gasteiger partial charge in [-0.1, -0.05) is 0 Å². The lowest BCUT2D eigenvalue weighted by molar-refractivity contribution is -0.142. The topological polar surface area (TPSA) is 80.5 Å². The number of ether oxygens (including phenoxy) is 1. The summed E-state index contributed by atoms with van der Waals surface area (Å²) >= 11 is 0. The highest BCUT2D eigenvalue weighted by atomic mass is 19.4. The molecule has 2 fully saturated rings. The molecule has 12 heteroatoms. The molecule has 33 heavy (non-hydrogen) atoms. The van der Waals surface area contributed by atoms with Crippen LogP contribution in [0.2, 0.25) is 0 Å². The lowest BCUT2D eigenvalue weighted by Crippen LogP contribution is -2.48. The Bertz CT molecular complexity index is 1140. The molecule has 8 nitrogen and oxygen atoms in total. The number of nitrogens with zero attached hydrogens (tertiary/aromatic N) is 6. The molecule has 1 aliphatic heterocycles. The fraction of sp³-hybridized carbons (Fsp3) is 0.524. The van der Waals surface area contributed by atoms with Crippen molar-refractivity contribution in [1.29, 1.82) is 0 Å². The van der Waals surface area contributed by atoms with Crippen LogP contribution in [0, 0.1) is 18.8 Å². The second-order valence-electron chi connectivity index (χ2n) is 8.48. The summed E-state index contributed by atoms with van der Waals surface area (Å²) in [5, 5.41) is 7.37. The van der Waals surface area contributed by atoms with Crippen molar-refractivity contribution in [3.05, 3.63) is 35.9 Å². The lowest BCUT2D eigenvalue weighted by Gasteiger charge is -2.38. The third kappa shape index (κ3) is 4.13. The zero-order chi connectivity index (χ0) is 23.2. The summed E-state index contributed by atoms with van der Waals surface area (Å²) in [5.41, 5.74) is -0.169. The molecule has 2 aliphatic rings. The number of alkyl halides is 4. The summed E-state index contributed by atoms with van der Waals surface area (Å²) in [7, 11) is 0. The van der Waals surface area contributed by atoms with Gasteiger partial charge in [-0.05, 0) is 43.7 Å². The molecule has 5 rings (SSSR count). The first-order valence-electron chi connectivity index (χ1n) is 10.8.